The Morgan fingerprint density at radius 2 is 2.10 bits per heavy atom. The molecule has 0 saturated carbocycles. The summed E-state index contributed by atoms with van der Waals surface area (Å²) in [6, 6.07) is 0. The van der Waals surface area contributed by atoms with Crippen LogP contribution in [0.5, 0.6) is 0 Å². The van der Waals surface area contributed by atoms with Crippen molar-refractivity contribution >= 4 is 5.91 Å². The maximum absolute atomic E-state index is 11.7. The minimum absolute atomic E-state index is 0.0252. The number of nitrogens with zero attached hydrogens (tertiary/aromatic N) is 2. The highest BCUT2D eigenvalue weighted by Gasteiger charge is 2.41. The van der Waals surface area contributed by atoms with Gasteiger partial charge in [0.05, 0.1) is 5.69 Å². The third kappa shape index (κ3) is 2.74. The minimum atomic E-state index is -0.111. The standard InChI is InChI=1S/C16H27N3O/c1-11(2)16(8-7-13(20)17-16)9-12-10-19(6)18-14(12)15(3,4)5/h10-11H,7-9H2,1-6H3,(H,17,20). The molecule has 4 heteroatoms. The summed E-state index contributed by atoms with van der Waals surface area (Å²) in [6.07, 6.45) is 4.54. The van der Waals surface area contributed by atoms with E-state index >= 15 is 0 Å². The SMILES string of the molecule is CC(C)C1(Cc2cn(C)nc2C(C)(C)C)CCC(=O)N1. The van der Waals surface area contributed by atoms with Crippen molar-refractivity contribution in [3.05, 3.63) is 17.5 Å². The first kappa shape index (κ1) is 15.1. The first-order valence-electron chi connectivity index (χ1n) is 7.48. The molecule has 2 rings (SSSR count). The predicted octanol–water partition coefficient (Wildman–Crippen LogP) is 2.56. The van der Waals surface area contributed by atoms with Gasteiger partial charge in [0.15, 0.2) is 0 Å². The number of hydrogen-bond donors (Lipinski definition) is 1. The fourth-order valence-electron chi connectivity index (χ4n) is 3.15. The number of amides is 1. The number of aryl methyl sites for hydroxylation is 1. The van der Waals surface area contributed by atoms with Crippen LogP contribution in [0.1, 0.15) is 58.7 Å². The second-order valence-corrected chi connectivity index (χ2v) is 7.46. The van der Waals surface area contributed by atoms with Gasteiger partial charge in [0, 0.05) is 30.6 Å². The predicted molar refractivity (Wildman–Crippen MR) is 80.6 cm³/mol. The quantitative estimate of drug-likeness (QED) is 0.923. The van der Waals surface area contributed by atoms with Crippen LogP contribution in [0.15, 0.2) is 6.20 Å². The van der Waals surface area contributed by atoms with Gasteiger partial charge in [0.1, 0.15) is 0 Å². The van der Waals surface area contributed by atoms with E-state index in [0.717, 1.165) is 18.5 Å². The molecule has 1 N–H and O–H groups in total. The lowest BCUT2D eigenvalue weighted by Crippen LogP contribution is -2.48. The van der Waals surface area contributed by atoms with Crippen molar-refractivity contribution < 1.29 is 4.79 Å². The van der Waals surface area contributed by atoms with E-state index in [4.69, 9.17) is 0 Å². The van der Waals surface area contributed by atoms with E-state index in [1.54, 1.807) is 0 Å². The molecule has 20 heavy (non-hydrogen) atoms. The van der Waals surface area contributed by atoms with Gasteiger partial charge in [0.2, 0.25) is 5.91 Å². The number of nitrogens with one attached hydrogen (secondary N) is 1. The minimum Gasteiger partial charge on any atom is -0.350 e. The lowest BCUT2D eigenvalue weighted by molar-refractivity contribution is -0.120. The summed E-state index contributed by atoms with van der Waals surface area (Å²) in [7, 11) is 1.97. The molecule has 1 aliphatic rings. The van der Waals surface area contributed by atoms with Crippen LogP contribution in [-0.4, -0.2) is 21.2 Å². The summed E-state index contributed by atoms with van der Waals surface area (Å²) in [5.41, 5.74) is 2.31. The summed E-state index contributed by atoms with van der Waals surface area (Å²) in [4.78, 5) is 11.7. The molecule has 1 saturated heterocycles. The molecular weight excluding hydrogens is 250 g/mol. The van der Waals surface area contributed by atoms with Crippen molar-refractivity contribution in [2.24, 2.45) is 13.0 Å². The Balaban J connectivity index is 2.35. The summed E-state index contributed by atoms with van der Waals surface area (Å²) in [5, 5.41) is 7.86. The molecule has 112 valence electrons. The Hall–Kier alpha value is -1.32. The molecule has 4 nitrogen and oxygen atoms in total. The van der Waals surface area contributed by atoms with Gasteiger partial charge in [-0.1, -0.05) is 34.6 Å². The maximum Gasteiger partial charge on any atom is 0.220 e. The highest BCUT2D eigenvalue weighted by Crippen LogP contribution is 2.34. The fourth-order valence-corrected chi connectivity index (χ4v) is 3.15. The third-order valence-electron chi connectivity index (χ3n) is 4.41. The molecule has 1 aliphatic heterocycles. The summed E-state index contributed by atoms with van der Waals surface area (Å²) >= 11 is 0. The van der Waals surface area contributed by atoms with E-state index in [1.165, 1.54) is 5.56 Å². The summed E-state index contributed by atoms with van der Waals surface area (Å²) < 4.78 is 1.89. The van der Waals surface area contributed by atoms with Crippen molar-refractivity contribution in [2.45, 2.75) is 64.8 Å². The Labute approximate surface area is 121 Å². The molecule has 0 aromatic carbocycles. The van der Waals surface area contributed by atoms with E-state index < -0.39 is 0 Å². The van der Waals surface area contributed by atoms with Crippen LogP contribution in [0, 0.1) is 5.92 Å². The zero-order valence-corrected chi connectivity index (χ0v) is 13.6. The fraction of sp³-hybridized carbons (Fsp3) is 0.750. The molecule has 1 aromatic heterocycles. The Morgan fingerprint density at radius 1 is 1.45 bits per heavy atom. The van der Waals surface area contributed by atoms with E-state index in [-0.39, 0.29) is 16.9 Å². The Kier molecular flexibility index (Phi) is 3.69. The number of aromatic nitrogens is 2. The van der Waals surface area contributed by atoms with Gasteiger partial charge in [-0.2, -0.15) is 5.10 Å². The van der Waals surface area contributed by atoms with Gasteiger partial charge >= 0.3 is 0 Å². The normalized spacial score (nSPS) is 23.4. The number of hydrogen-bond acceptors (Lipinski definition) is 2. The van der Waals surface area contributed by atoms with Crippen molar-refractivity contribution in [1.82, 2.24) is 15.1 Å². The van der Waals surface area contributed by atoms with E-state index in [1.807, 2.05) is 11.7 Å². The molecular formula is C16H27N3O. The second kappa shape index (κ2) is 4.90. The monoisotopic (exact) mass is 277 g/mol. The molecule has 0 aliphatic carbocycles. The van der Waals surface area contributed by atoms with Crippen molar-refractivity contribution in [1.29, 1.82) is 0 Å². The Morgan fingerprint density at radius 3 is 2.55 bits per heavy atom. The molecule has 2 heterocycles. The molecule has 1 atom stereocenters. The van der Waals surface area contributed by atoms with Crippen molar-refractivity contribution in [3.63, 3.8) is 0 Å². The third-order valence-corrected chi connectivity index (χ3v) is 4.41. The van der Waals surface area contributed by atoms with Crippen molar-refractivity contribution in [3.8, 4) is 0 Å². The average Bonchev–Trinajstić information content (AvgIpc) is 2.83. The molecule has 0 spiro atoms. The molecule has 1 aromatic rings. The maximum atomic E-state index is 11.7. The van der Waals surface area contributed by atoms with Gasteiger partial charge in [-0.25, -0.2) is 0 Å². The molecule has 1 amide bonds. The van der Waals surface area contributed by atoms with Crippen LogP contribution in [0.4, 0.5) is 0 Å². The van der Waals surface area contributed by atoms with Gasteiger partial charge < -0.3 is 5.32 Å². The van der Waals surface area contributed by atoms with Gasteiger partial charge in [-0.15, -0.1) is 0 Å². The average molecular weight is 277 g/mol. The molecule has 0 bridgehead atoms. The van der Waals surface area contributed by atoms with E-state index in [0.29, 0.717) is 12.3 Å². The van der Waals surface area contributed by atoms with Crippen molar-refractivity contribution in [2.75, 3.05) is 0 Å². The highest BCUT2D eigenvalue weighted by molar-refractivity contribution is 5.79. The first-order chi connectivity index (χ1) is 9.14. The highest BCUT2D eigenvalue weighted by atomic mass is 16.2. The molecule has 0 radical (unpaired) electrons. The lowest BCUT2D eigenvalue weighted by atomic mass is 9.77. The van der Waals surface area contributed by atoms with Crippen LogP contribution < -0.4 is 5.32 Å². The Bertz CT molecular complexity index is 510. The zero-order chi connectivity index (χ0) is 15.1. The smallest absolute Gasteiger partial charge is 0.220 e. The number of rotatable bonds is 3. The number of carbonyl (C=O) groups is 1. The lowest BCUT2D eigenvalue weighted by Gasteiger charge is -2.34. The van der Waals surface area contributed by atoms with Gasteiger partial charge in [-0.05, 0) is 24.3 Å². The second-order valence-electron chi connectivity index (χ2n) is 7.46. The van der Waals surface area contributed by atoms with E-state index in [2.05, 4.69) is 51.2 Å². The topological polar surface area (TPSA) is 46.9 Å². The van der Waals surface area contributed by atoms with Gasteiger partial charge in [0.25, 0.3) is 0 Å². The summed E-state index contributed by atoms with van der Waals surface area (Å²) in [6.45, 7) is 11.0. The zero-order valence-electron chi connectivity index (χ0n) is 13.6. The van der Waals surface area contributed by atoms with E-state index in [9.17, 15) is 4.79 Å². The van der Waals surface area contributed by atoms with Crippen LogP contribution in [0.2, 0.25) is 0 Å². The van der Waals surface area contributed by atoms with Crippen LogP contribution >= 0.6 is 0 Å². The molecule has 1 fully saturated rings. The first-order valence-corrected chi connectivity index (χ1v) is 7.48. The molecule has 1 unspecified atom stereocenters. The van der Waals surface area contributed by atoms with Crippen LogP contribution in [0.25, 0.3) is 0 Å². The van der Waals surface area contributed by atoms with Gasteiger partial charge in [-0.3, -0.25) is 9.48 Å². The summed E-state index contributed by atoms with van der Waals surface area (Å²) in [5.74, 6) is 0.599. The van der Waals surface area contributed by atoms with Crippen LogP contribution in [-0.2, 0) is 23.7 Å². The largest absolute Gasteiger partial charge is 0.350 e. The van der Waals surface area contributed by atoms with Crippen LogP contribution in [0.3, 0.4) is 0 Å². The number of carbonyl (C=O) groups excluding carboxylic acids is 1.